The summed E-state index contributed by atoms with van der Waals surface area (Å²) in [7, 11) is -1.41. The summed E-state index contributed by atoms with van der Waals surface area (Å²) in [5.74, 6) is 0. The van der Waals surface area contributed by atoms with Gasteiger partial charge in [-0.1, -0.05) is 37.6 Å². The van der Waals surface area contributed by atoms with E-state index in [2.05, 4.69) is 0 Å². The Morgan fingerprint density at radius 2 is 1.77 bits per heavy atom. The summed E-state index contributed by atoms with van der Waals surface area (Å²) < 4.78 is 0. The van der Waals surface area contributed by atoms with Crippen molar-refractivity contribution in [3.63, 3.8) is 0 Å². The summed E-state index contributed by atoms with van der Waals surface area (Å²) in [5.41, 5.74) is 1.31. The lowest BCUT2D eigenvalue weighted by Gasteiger charge is -2.01. The van der Waals surface area contributed by atoms with Gasteiger partial charge < -0.3 is 10.0 Å². The maximum absolute atomic E-state index is 8.75. The molecule has 0 aliphatic heterocycles. The van der Waals surface area contributed by atoms with Gasteiger partial charge in [0.25, 0.3) is 0 Å². The van der Waals surface area contributed by atoms with Crippen LogP contribution in [0.15, 0.2) is 18.2 Å². The SMILES string of the molecule is CC.Cc1cc(B(O)O)ccc1Cl. The van der Waals surface area contributed by atoms with Crippen LogP contribution in [0.25, 0.3) is 0 Å². The zero-order valence-corrected chi connectivity index (χ0v) is 8.84. The van der Waals surface area contributed by atoms with Crippen molar-refractivity contribution in [1.82, 2.24) is 0 Å². The fourth-order valence-electron chi connectivity index (χ4n) is 0.828. The Kier molecular flexibility index (Phi) is 5.79. The van der Waals surface area contributed by atoms with Crippen LogP contribution in [0.2, 0.25) is 5.02 Å². The van der Waals surface area contributed by atoms with Gasteiger partial charge in [-0.15, -0.1) is 0 Å². The molecule has 0 spiro atoms. The van der Waals surface area contributed by atoms with Gasteiger partial charge in [-0.05, 0) is 24.0 Å². The number of halogens is 1. The van der Waals surface area contributed by atoms with Crippen molar-refractivity contribution in [2.24, 2.45) is 0 Å². The zero-order valence-electron chi connectivity index (χ0n) is 8.08. The molecule has 0 amide bonds. The van der Waals surface area contributed by atoms with Crippen LogP contribution < -0.4 is 5.46 Å². The summed E-state index contributed by atoms with van der Waals surface area (Å²) in [6.07, 6.45) is 0. The van der Waals surface area contributed by atoms with Crippen LogP contribution in [0.4, 0.5) is 0 Å². The molecule has 0 aliphatic rings. The van der Waals surface area contributed by atoms with E-state index in [1.54, 1.807) is 18.2 Å². The van der Waals surface area contributed by atoms with Crippen LogP contribution in [-0.4, -0.2) is 17.2 Å². The molecule has 0 fully saturated rings. The molecule has 1 aromatic rings. The molecule has 1 rings (SSSR count). The van der Waals surface area contributed by atoms with Crippen molar-refractivity contribution in [3.8, 4) is 0 Å². The molecule has 0 saturated heterocycles. The lowest BCUT2D eigenvalue weighted by molar-refractivity contribution is 0.426. The van der Waals surface area contributed by atoms with Gasteiger partial charge in [-0.3, -0.25) is 0 Å². The third-order valence-electron chi connectivity index (χ3n) is 1.48. The van der Waals surface area contributed by atoms with E-state index in [1.807, 2.05) is 20.8 Å². The van der Waals surface area contributed by atoms with E-state index in [-0.39, 0.29) is 0 Å². The van der Waals surface area contributed by atoms with E-state index in [1.165, 1.54) is 0 Å². The van der Waals surface area contributed by atoms with E-state index in [4.69, 9.17) is 21.6 Å². The molecule has 0 saturated carbocycles. The van der Waals surface area contributed by atoms with Crippen molar-refractivity contribution in [3.05, 3.63) is 28.8 Å². The first-order valence-corrected chi connectivity index (χ1v) is 4.61. The third kappa shape index (κ3) is 3.81. The molecule has 0 unspecified atom stereocenters. The molecule has 72 valence electrons. The van der Waals surface area contributed by atoms with Crippen LogP contribution in [0.5, 0.6) is 0 Å². The second kappa shape index (κ2) is 6.03. The highest BCUT2D eigenvalue weighted by Crippen LogP contribution is 2.11. The van der Waals surface area contributed by atoms with Gasteiger partial charge in [0.05, 0.1) is 0 Å². The lowest BCUT2D eigenvalue weighted by Crippen LogP contribution is -2.29. The van der Waals surface area contributed by atoms with Gasteiger partial charge in [-0.25, -0.2) is 0 Å². The summed E-state index contributed by atoms with van der Waals surface area (Å²) in [4.78, 5) is 0. The largest absolute Gasteiger partial charge is 0.488 e. The highest BCUT2D eigenvalue weighted by Gasteiger charge is 2.10. The molecule has 0 aromatic heterocycles. The van der Waals surface area contributed by atoms with Gasteiger partial charge in [0.2, 0.25) is 0 Å². The topological polar surface area (TPSA) is 40.5 Å². The smallest absolute Gasteiger partial charge is 0.423 e. The first-order chi connectivity index (χ1) is 6.11. The van der Waals surface area contributed by atoms with Crippen molar-refractivity contribution in [2.45, 2.75) is 20.8 Å². The Morgan fingerprint density at radius 1 is 1.23 bits per heavy atom. The van der Waals surface area contributed by atoms with Crippen molar-refractivity contribution in [1.29, 1.82) is 0 Å². The molecule has 0 radical (unpaired) electrons. The number of hydrogen-bond acceptors (Lipinski definition) is 2. The second-order valence-corrected chi connectivity index (χ2v) is 2.79. The molecular formula is C9H14BClO2. The Bertz CT molecular complexity index is 264. The highest BCUT2D eigenvalue weighted by molar-refractivity contribution is 6.58. The predicted octanol–water partition coefficient (Wildman–Crippen LogP) is 1.35. The average molecular weight is 200 g/mol. The van der Waals surface area contributed by atoms with Gasteiger partial charge in [0, 0.05) is 5.02 Å². The molecular weight excluding hydrogens is 186 g/mol. The minimum Gasteiger partial charge on any atom is -0.423 e. The molecule has 0 bridgehead atoms. The first kappa shape index (κ1) is 12.5. The molecule has 2 nitrogen and oxygen atoms in total. The molecule has 0 heterocycles. The monoisotopic (exact) mass is 200 g/mol. The normalized spacial score (nSPS) is 8.77. The van der Waals surface area contributed by atoms with E-state index in [0.717, 1.165) is 5.56 Å². The van der Waals surface area contributed by atoms with Gasteiger partial charge in [0.15, 0.2) is 0 Å². The minimum atomic E-state index is -1.41. The molecule has 4 heteroatoms. The molecule has 13 heavy (non-hydrogen) atoms. The standard InChI is InChI=1S/C7H8BClO2.C2H6/c1-5-4-6(8(10)11)2-3-7(5)9;1-2/h2-4,10-11H,1H3;1-2H3. The van der Waals surface area contributed by atoms with E-state index in [0.29, 0.717) is 10.5 Å². The lowest BCUT2D eigenvalue weighted by atomic mass is 9.80. The molecule has 0 atom stereocenters. The zero-order chi connectivity index (χ0) is 10.4. The van der Waals surface area contributed by atoms with Gasteiger partial charge in [-0.2, -0.15) is 0 Å². The quantitative estimate of drug-likeness (QED) is 0.672. The Labute approximate surface area is 84.3 Å². The number of rotatable bonds is 1. The molecule has 2 N–H and O–H groups in total. The summed E-state index contributed by atoms with van der Waals surface area (Å²) in [6.45, 7) is 5.81. The summed E-state index contributed by atoms with van der Waals surface area (Å²) in [5, 5.41) is 18.1. The first-order valence-electron chi connectivity index (χ1n) is 4.23. The van der Waals surface area contributed by atoms with Crippen molar-refractivity contribution < 1.29 is 10.0 Å². The predicted molar refractivity (Wildman–Crippen MR) is 57.4 cm³/mol. The minimum absolute atomic E-state index is 0.465. The Balaban J connectivity index is 0.000000671. The Morgan fingerprint density at radius 3 is 2.15 bits per heavy atom. The van der Waals surface area contributed by atoms with Gasteiger partial charge in [0.1, 0.15) is 0 Å². The van der Waals surface area contributed by atoms with Crippen molar-refractivity contribution >= 4 is 24.2 Å². The van der Waals surface area contributed by atoms with E-state index < -0.39 is 7.12 Å². The molecule has 1 aromatic carbocycles. The fraction of sp³-hybridized carbons (Fsp3) is 0.333. The fourth-order valence-corrected chi connectivity index (χ4v) is 0.946. The highest BCUT2D eigenvalue weighted by atomic mass is 35.5. The van der Waals surface area contributed by atoms with Crippen LogP contribution in [0.1, 0.15) is 19.4 Å². The van der Waals surface area contributed by atoms with Crippen LogP contribution in [0.3, 0.4) is 0 Å². The van der Waals surface area contributed by atoms with E-state index in [9.17, 15) is 0 Å². The average Bonchev–Trinajstić information content (AvgIpc) is 2.13. The molecule has 0 aliphatic carbocycles. The maximum atomic E-state index is 8.75. The van der Waals surface area contributed by atoms with Gasteiger partial charge >= 0.3 is 7.12 Å². The van der Waals surface area contributed by atoms with E-state index >= 15 is 0 Å². The number of hydrogen-bond donors (Lipinski definition) is 2. The Hall–Kier alpha value is -0.505. The van der Waals surface area contributed by atoms with Crippen LogP contribution in [0, 0.1) is 6.92 Å². The second-order valence-electron chi connectivity index (χ2n) is 2.38. The van der Waals surface area contributed by atoms with Crippen molar-refractivity contribution in [2.75, 3.05) is 0 Å². The third-order valence-corrected chi connectivity index (χ3v) is 1.90. The number of benzene rings is 1. The summed E-state index contributed by atoms with van der Waals surface area (Å²) in [6, 6.07) is 4.87. The van der Waals surface area contributed by atoms with Crippen LogP contribution in [-0.2, 0) is 0 Å². The number of aryl methyl sites for hydroxylation is 1. The summed E-state index contributed by atoms with van der Waals surface area (Å²) >= 11 is 5.72. The van der Waals surface area contributed by atoms with Crippen LogP contribution >= 0.6 is 11.6 Å². The maximum Gasteiger partial charge on any atom is 0.488 e.